The van der Waals surface area contributed by atoms with Crippen LogP contribution in [0.5, 0.6) is 0 Å². The van der Waals surface area contributed by atoms with Gasteiger partial charge in [-0.3, -0.25) is 4.57 Å². The summed E-state index contributed by atoms with van der Waals surface area (Å²) in [4.78, 5) is 15.6. The summed E-state index contributed by atoms with van der Waals surface area (Å²) in [6.45, 7) is 5.69. The Morgan fingerprint density at radius 1 is 1.40 bits per heavy atom. The van der Waals surface area contributed by atoms with Crippen molar-refractivity contribution in [2.75, 3.05) is 0 Å². The van der Waals surface area contributed by atoms with Crippen molar-refractivity contribution < 1.29 is 0 Å². The van der Waals surface area contributed by atoms with Crippen molar-refractivity contribution in [3.8, 4) is 0 Å². The highest BCUT2D eigenvalue weighted by Crippen LogP contribution is 2.19. The average Bonchev–Trinajstić information content (AvgIpc) is 2.23. The van der Waals surface area contributed by atoms with Gasteiger partial charge in [0.2, 0.25) is 0 Å². The van der Waals surface area contributed by atoms with Gasteiger partial charge in [0.25, 0.3) is 0 Å². The molecule has 76 valence electrons. The first-order chi connectivity index (χ1) is 7.11. The van der Waals surface area contributed by atoms with Crippen LogP contribution in [0, 0.1) is 0 Å². The molecule has 0 bridgehead atoms. The van der Waals surface area contributed by atoms with Crippen LogP contribution >= 0.6 is 0 Å². The topological polar surface area (TPSA) is 34.9 Å². The Balaban J connectivity index is 3.01. The Hall–Kier alpha value is -1.90. The van der Waals surface area contributed by atoms with Gasteiger partial charge in [0.15, 0.2) is 0 Å². The van der Waals surface area contributed by atoms with Gasteiger partial charge in [0, 0.05) is 12.4 Å². The molecule has 1 heterocycles. The molecule has 0 atom stereocenters. The Morgan fingerprint density at radius 3 is 2.73 bits per heavy atom. The van der Waals surface area contributed by atoms with Crippen LogP contribution in [0.3, 0.4) is 0 Å². The quantitative estimate of drug-likeness (QED) is 0.705. The Bertz CT molecular complexity index is 596. The molecule has 0 spiro atoms. The van der Waals surface area contributed by atoms with E-state index in [1.165, 1.54) is 0 Å². The van der Waals surface area contributed by atoms with Crippen LogP contribution in [0.1, 0.15) is 12.6 Å². The minimum absolute atomic E-state index is 0.244. The van der Waals surface area contributed by atoms with Crippen molar-refractivity contribution in [2.24, 2.45) is 7.05 Å². The van der Waals surface area contributed by atoms with Crippen LogP contribution < -0.4 is 5.69 Å². The maximum absolute atomic E-state index is 11.6. The Morgan fingerprint density at radius 2 is 2.07 bits per heavy atom. The van der Waals surface area contributed by atoms with E-state index in [1.54, 1.807) is 11.6 Å². The van der Waals surface area contributed by atoms with Gasteiger partial charge >= 0.3 is 5.69 Å². The van der Waals surface area contributed by atoms with Crippen molar-refractivity contribution in [1.29, 1.82) is 0 Å². The van der Waals surface area contributed by atoms with E-state index in [0.717, 1.165) is 16.5 Å². The summed E-state index contributed by atoms with van der Waals surface area (Å²) in [6.07, 6.45) is 0. The largest absolute Gasteiger partial charge is 0.348 e. The highest BCUT2D eigenvalue weighted by atomic mass is 16.1. The fourth-order valence-corrected chi connectivity index (χ4v) is 1.63. The van der Waals surface area contributed by atoms with Gasteiger partial charge in [-0.25, -0.2) is 4.79 Å². The molecule has 3 nitrogen and oxygen atoms in total. The lowest BCUT2D eigenvalue weighted by atomic mass is 10.1. The molecule has 1 aromatic carbocycles. The second-order valence-electron chi connectivity index (χ2n) is 3.60. The summed E-state index contributed by atoms with van der Waals surface area (Å²) in [6, 6.07) is 7.70. The predicted molar refractivity (Wildman–Crippen MR) is 61.7 cm³/mol. The lowest BCUT2D eigenvalue weighted by molar-refractivity contribution is 0.848. The zero-order chi connectivity index (χ0) is 11.0. The summed E-state index contributed by atoms with van der Waals surface area (Å²) in [5, 5.41) is 0.965. The molecule has 0 fully saturated rings. The van der Waals surface area contributed by atoms with Gasteiger partial charge < -0.3 is 0 Å². The molecule has 0 unspecified atom stereocenters. The molecule has 0 N–H and O–H groups in total. The van der Waals surface area contributed by atoms with Crippen molar-refractivity contribution in [3.05, 3.63) is 47.0 Å². The zero-order valence-corrected chi connectivity index (χ0v) is 8.82. The third kappa shape index (κ3) is 1.46. The summed E-state index contributed by atoms with van der Waals surface area (Å²) < 4.78 is 1.54. The standard InChI is InChI=1S/C12H12N2O/c1-8(2)11-9-6-4-5-7-10(9)14(3)12(15)13-11/h4-7H,1H2,2-3H3. The van der Waals surface area contributed by atoms with Crippen LogP contribution in [0.4, 0.5) is 0 Å². The van der Waals surface area contributed by atoms with Gasteiger partial charge in [-0.2, -0.15) is 4.98 Å². The molecule has 0 saturated heterocycles. The number of hydrogen-bond donors (Lipinski definition) is 0. The summed E-state index contributed by atoms with van der Waals surface area (Å²) in [7, 11) is 1.72. The molecule has 0 aliphatic heterocycles. The summed E-state index contributed by atoms with van der Waals surface area (Å²) in [5.41, 5.74) is 2.14. The first-order valence-electron chi connectivity index (χ1n) is 4.73. The number of nitrogens with zero attached hydrogens (tertiary/aromatic N) is 2. The van der Waals surface area contributed by atoms with E-state index in [1.807, 2.05) is 31.2 Å². The van der Waals surface area contributed by atoms with Crippen LogP contribution in [0.25, 0.3) is 16.5 Å². The summed E-state index contributed by atoms with van der Waals surface area (Å²) >= 11 is 0. The van der Waals surface area contributed by atoms with Crippen molar-refractivity contribution in [3.63, 3.8) is 0 Å². The lowest BCUT2D eigenvalue weighted by Crippen LogP contribution is -2.21. The van der Waals surface area contributed by atoms with Gasteiger partial charge in [-0.05, 0) is 18.6 Å². The minimum atomic E-state index is -0.244. The van der Waals surface area contributed by atoms with E-state index < -0.39 is 0 Å². The van der Waals surface area contributed by atoms with E-state index in [0.29, 0.717) is 5.69 Å². The highest BCUT2D eigenvalue weighted by molar-refractivity contribution is 5.88. The van der Waals surface area contributed by atoms with Crippen LogP contribution in [0.2, 0.25) is 0 Å². The third-order valence-corrected chi connectivity index (χ3v) is 2.42. The molecule has 3 heteroatoms. The number of fused-ring (bicyclic) bond motifs is 1. The molecular weight excluding hydrogens is 188 g/mol. The SMILES string of the molecule is C=C(C)c1nc(=O)n(C)c2ccccc12. The maximum atomic E-state index is 11.6. The van der Waals surface area contributed by atoms with Gasteiger partial charge in [0.05, 0.1) is 11.2 Å². The lowest BCUT2D eigenvalue weighted by Gasteiger charge is -2.07. The van der Waals surface area contributed by atoms with E-state index >= 15 is 0 Å². The predicted octanol–water partition coefficient (Wildman–Crippen LogP) is 1.97. The number of para-hydroxylation sites is 1. The maximum Gasteiger partial charge on any atom is 0.348 e. The van der Waals surface area contributed by atoms with E-state index in [-0.39, 0.29) is 5.69 Å². The number of hydrogen-bond acceptors (Lipinski definition) is 2. The van der Waals surface area contributed by atoms with Gasteiger partial charge in [-0.15, -0.1) is 0 Å². The van der Waals surface area contributed by atoms with E-state index in [4.69, 9.17) is 0 Å². The van der Waals surface area contributed by atoms with E-state index in [2.05, 4.69) is 11.6 Å². The number of aryl methyl sites for hydroxylation is 1. The average molecular weight is 200 g/mol. The Kier molecular flexibility index (Phi) is 2.15. The van der Waals surface area contributed by atoms with Crippen molar-refractivity contribution in [1.82, 2.24) is 9.55 Å². The molecule has 0 saturated carbocycles. The van der Waals surface area contributed by atoms with E-state index in [9.17, 15) is 4.79 Å². The second-order valence-corrected chi connectivity index (χ2v) is 3.60. The van der Waals surface area contributed by atoms with Crippen LogP contribution in [-0.4, -0.2) is 9.55 Å². The first-order valence-corrected chi connectivity index (χ1v) is 4.73. The molecule has 2 aromatic rings. The van der Waals surface area contributed by atoms with Crippen LogP contribution in [-0.2, 0) is 7.05 Å². The number of aromatic nitrogens is 2. The highest BCUT2D eigenvalue weighted by Gasteiger charge is 2.07. The fourth-order valence-electron chi connectivity index (χ4n) is 1.63. The van der Waals surface area contributed by atoms with Gasteiger partial charge in [-0.1, -0.05) is 24.8 Å². The third-order valence-electron chi connectivity index (χ3n) is 2.42. The molecular formula is C12H12N2O. The second kappa shape index (κ2) is 3.35. The normalized spacial score (nSPS) is 10.5. The monoisotopic (exact) mass is 200 g/mol. The molecule has 0 amide bonds. The molecule has 0 aliphatic carbocycles. The number of allylic oxidation sites excluding steroid dienone is 1. The van der Waals surface area contributed by atoms with Crippen molar-refractivity contribution in [2.45, 2.75) is 6.92 Å². The molecule has 15 heavy (non-hydrogen) atoms. The first kappa shape index (κ1) is 9.65. The number of benzene rings is 1. The number of rotatable bonds is 1. The fraction of sp³-hybridized carbons (Fsp3) is 0.167. The van der Waals surface area contributed by atoms with Gasteiger partial charge in [0.1, 0.15) is 0 Å². The minimum Gasteiger partial charge on any atom is -0.295 e. The molecule has 0 radical (unpaired) electrons. The van der Waals surface area contributed by atoms with Crippen molar-refractivity contribution >= 4 is 16.5 Å². The molecule has 2 rings (SSSR count). The smallest absolute Gasteiger partial charge is 0.295 e. The molecule has 1 aromatic heterocycles. The zero-order valence-electron chi connectivity index (χ0n) is 8.82. The summed E-state index contributed by atoms with van der Waals surface area (Å²) in [5.74, 6) is 0. The van der Waals surface area contributed by atoms with Crippen LogP contribution in [0.15, 0.2) is 35.6 Å². The Labute approximate surface area is 87.7 Å². The molecule has 0 aliphatic rings.